The standard InChI is InChI=1S/C21H18O11/c22-9-6-10(8-4-2-1-3-5-8)30-11-7-12(14(23)15(24)13(9)11)31-21-18(27)16(25)17(26)19(32-21)20(28)29/h1-7,16-19,21,23-27H,(H,28,29)/t16-,17+,18+,19+,21-/m1/s1. The average molecular weight is 446 g/mol. The summed E-state index contributed by atoms with van der Waals surface area (Å²) >= 11 is 0. The molecule has 0 saturated carbocycles. The molecule has 1 saturated heterocycles. The van der Waals surface area contributed by atoms with Gasteiger partial charge in [-0.05, 0) is 0 Å². The molecule has 1 aromatic heterocycles. The van der Waals surface area contributed by atoms with Gasteiger partial charge in [0, 0.05) is 17.7 Å². The smallest absolute Gasteiger partial charge is 0.335 e. The van der Waals surface area contributed by atoms with Crippen LogP contribution in [0.1, 0.15) is 0 Å². The van der Waals surface area contributed by atoms with Crippen LogP contribution >= 0.6 is 0 Å². The highest BCUT2D eigenvalue weighted by Crippen LogP contribution is 2.42. The van der Waals surface area contributed by atoms with E-state index in [0.717, 1.165) is 12.1 Å². The number of aliphatic hydroxyl groups excluding tert-OH is 3. The molecule has 0 spiro atoms. The quantitative estimate of drug-likeness (QED) is 0.299. The number of rotatable bonds is 4. The van der Waals surface area contributed by atoms with Crippen molar-refractivity contribution in [2.75, 3.05) is 0 Å². The van der Waals surface area contributed by atoms with Crippen molar-refractivity contribution in [1.29, 1.82) is 0 Å². The zero-order chi connectivity index (χ0) is 23.2. The molecule has 0 radical (unpaired) electrons. The van der Waals surface area contributed by atoms with Gasteiger partial charge in [-0.3, -0.25) is 4.79 Å². The van der Waals surface area contributed by atoms with E-state index in [0.29, 0.717) is 5.56 Å². The van der Waals surface area contributed by atoms with Crippen LogP contribution in [0.5, 0.6) is 17.2 Å². The molecule has 0 unspecified atom stereocenters. The summed E-state index contributed by atoms with van der Waals surface area (Å²) in [5.41, 5.74) is -0.265. The lowest BCUT2D eigenvalue weighted by Crippen LogP contribution is -2.61. The number of aliphatic carboxylic acids is 1. The molecule has 4 rings (SSSR count). The SMILES string of the molecule is O=C(O)[C@H]1O[C@@H](Oc2cc3oc(-c4ccccc4)cc(=O)c3c(O)c2O)[C@@H](O)[C@H](O)[C@@H]1O. The molecule has 1 aliphatic heterocycles. The van der Waals surface area contributed by atoms with Crippen molar-refractivity contribution < 1.29 is 49.3 Å². The van der Waals surface area contributed by atoms with Crippen LogP contribution in [0.2, 0.25) is 0 Å². The number of aliphatic hydroxyl groups is 3. The molecule has 168 valence electrons. The van der Waals surface area contributed by atoms with Gasteiger partial charge < -0.3 is 44.5 Å². The second-order valence-corrected chi connectivity index (χ2v) is 7.14. The molecule has 2 heterocycles. The fourth-order valence-corrected chi connectivity index (χ4v) is 3.38. The van der Waals surface area contributed by atoms with Crippen LogP contribution in [0.15, 0.2) is 51.7 Å². The van der Waals surface area contributed by atoms with Crippen molar-refractivity contribution in [1.82, 2.24) is 0 Å². The number of carbonyl (C=O) groups is 1. The molecule has 6 N–H and O–H groups in total. The highest BCUT2D eigenvalue weighted by atomic mass is 16.7. The van der Waals surface area contributed by atoms with Gasteiger partial charge >= 0.3 is 5.97 Å². The molecular formula is C21H18O11. The Bertz CT molecular complexity index is 1220. The van der Waals surface area contributed by atoms with Crippen molar-refractivity contribution in [3.05, 3.63) is 52.7 Å². The third-order valence-electron chi connectivity index (χ3n) is 5.05. The number of benzene rings is 2. The number of aromatic hydroxyl groups is 2. The number of carboxylic acid groups (broad SMARTS) is 1. The zero-order valence-electron chi connectivity index (χ0n) is 16.2. The van der Waals surface area contributed by atoms with E-state index in [2.05, 4.69) is 0 Å². The van der Waals surface area contributed by atoms with Gasteiger partial charge in [0.2, 0.25) is 12.0 Å². The third-order valence-corrected chi connectivity index (χ3v) is 5.05. The monoisotopic (exact) mass is 446 g/mol. The van der Waals surface area contributed by atoms with Crippen LogP contribution in [0.4, 0.5) is 0 Å². The summed E-state index contributed by atoms with van der Waals surface area (Å²) in [5, 5.41) is 59.2. The summed E-state index contributed by atoms with van der Waals surface area (Å²) in [6.07, 6.45) is -9.56. The van der Waals surface area contributed by atoms with E-state index in [9.17, 15) is 35.1 Å². The van der Waals surface area contributed by atoms with Crippen LogP contribution in [-0.2, 0) is 9.53 Å². The first-order chi connectivity index (χ1) is 15.2. The molecule has 11 nitrogen and oxygen atoms in total. The third kappa shape index (κ3) is 3.63. The van der Waals surface area contributed by atoms with Crippen LogP contribution in [0.25, 0.3) is 22.3 Å². The molecule has 2 aromatic carbocycles. The Hall–Kier alpha value is -3.64. The highest BCUT2D eigenvalue weighted by Gasteiger charge is 2.48. The molecule has 0 amide bonds. The average Bonchev–Trinajstić information content (AvgIpc) is 2.77. The minimum absolute atomic E-state index is 0.164. The molecule has 32 heavy (non-hydrogen) atoms. The lowest BCUT2D eigenvalue weighted by Gasteiger charge is -2.38. The van der Waals surface area contributed by atoms with Crippen molar-refractivity contribution in [2.45, 2.75) is 30.7 Å². The summed E-state index contributed by atoms with van der Waals surface area (Å²) < 4.78 is 16.0. The largest absolute Gasteiger partial charge is 0.504 e. The van der Waals surface area contributed by atoms with Crippen LogP contribution in [0.3, 0.4) is 0 Å². The Labute approximate surface area is 178 Å². The Morgan fingerprint density at radius 1 is 0.938 bits per heavy atom. The summed E-state index contributed by atoms with van der Waals surface area (Å²) in [5.74, 6) is -3.76. The molecule has 11 heteroatoms. The minimum atomic E-state index is -1.94. The normalized spacial score (nSPS) is 25.5. The van der Waals surface area contributed by atoms with Gasteiger partial charge in [-0.25, -0.2) is 4.79 Å². The molecule has 1 fully saturated rings. The van der Waals surface area contributed by atoms with E-state index in [1.165, 1.54) is 0 Å². The second-order valence-electron chi connectivity index (χ2n) is 7.14. The summed E-state index contributed by atoms with van der Waals surface area (Å²) in [6.45, 7) is 0. The number of ether oxygens (including phenoxy) is 2. The molecule has 5 atom stereocenters. The fraction of sp³-hybridized carbons (Fsp3) is 0.238. The summed E-state index contributed by atoms with van der Waals surface area (Å²) in [7, 11) is 0. The minimum Gasteiger partial charge on any atom is -0.504 e. The first-order valence-corrected chi connectivity index (χ1v) is 9.36. The van der Waals surface area contributed by atoms with E-state index in [1.54, 1.807) is 30.3 Å². The first-order valence-electron chi connectivity index (χ1n) is 9.36. The number of fused-ring (bicyclic) bond motifs is 1. The van der Waals surface area contributed by atoms with Gasteiger partial charge in [0.1, 0.15) is 35.0 Å². The van der Waals surface area contributed by atoms with Gasteiger partial charge in [-0.15, -0.1) is 0 Å². The van der Waals surface area contributed by atoms with Crippen LogP contribution in [0, 0.1) is 0 Å². The predicted octanol–water partition coefficient (Wildman–Crippen LogP) is 0.142. The maximum absolute atomic E-state index is 12.5. The van der Waals surface area contributed by atoms with Crippen molar-refractivity contribution in [3.63, 3.8) is 0 Å². The number of hydrogen-bond acceptors (Lipinski definition) is 10. The van der Waals surface area contributed by atoms with Gasteiger partial charge in [-0.2, -0.15) is 0 Å². The number of phenols is 2. The Morgan fingerprint density at radius 2 is 1.62 bits per heavy atom. The zero-order valence-corrected chi connectivity index (χ0v) is 16.2. The lowest BCUT2D eigenvalue weighted by atomic mass is 9.99. The van der Waals surface area contributed by atoms with Crippen LogP contribution in [-0.4, -0.2) is 67.3 Å². The molecule has 0 aliphatic carbocycles. The Kier molecular flexibility index (Phi) is 5.48. The first kappa shape index (κ1) is 21.6. The van der Waals surface area contributed by atoms with E-state index in [1.807, 2.05) is 0 Å². The number of hydrogen-bond donors (Lipinski definition) is 6. The second kappa shape index (κ2) is 8.13. The predicted molar refractivity (Wildman–Crippen MR) is 106 cm³/mol. The van der Waals surface area contributed by atoms with E-state index in [4.69, 9.17) is 19.0 Å². The van der Waals surface area contributed by atoms with Gasteiger partial charge in [0.15, 0.2) is 23.0 Å². The topological polar surface area (TPSA) is 187 Å². The van der Waals surface area contributed by atoms with Crippen molar-refractivity contribution in [2.24, 2.45) is 0 Å². The number of phenolic OH excluding ortho intramolecular Hbond substituents is 2. The van der Waals surface area contributed by atoms with Gasteiger partial charge in [-0.1, -0.05) is 30.3 Å². The lowest BCUT2D eigenvalue weighted by molar-refractivity contribution is -0.271. The maximum atomic E-state index is 12.5. The summed E-state index contributed by atoms with van der Waals surface area (Å²) in [6, 6.07) is 10.8. The molecule has 3 aromatic rings. The molecule has 0 bridgehead atoms. The van der Waals surface area contributed by atoms with E-state index >= 15 is 0 Å². The maximum Gasteiger partial charge on any atom is 0.335 e. The van der Waals surface area contributed by atoms with Crippen molar-refractivity contribution >= 4 is 16.9 Å². The van der Waals surface area contributed by atoms with Crippen LogP contribution < -0.4 is 10.2 Å². The van der Waals surface area contributed by atoms with E-state index < -0.39 is 59.4 Å². The highest BCUT2D eigenvalue weighted by molar-refractivity contribution is 5.89. The molecular weight excluding hydrogens is 428 g/mol. The molecule has 1 aliphatic rings. The van der Waals surface area contributed by atoms with Gasteiger partial charge in [0.05, 0.1) is 0 Å². The fourth-order valence-electron chi connectivity index (χ4n) is 3.38. The van der Waals surface area contributed by atoms with Gasteiger partial charge in [0.25, 0.3) is 0 Å². The van der Waals surface area contributed by atoms with Crippen molar-refractivity contribution in [3.8, 4) is 28.6 Å². The Balaban J connectivity index is 1.77. The Morgan fingerprint density at radius 3 is 2.28 bits per heavy atom. The number of carboxylic acids is 1. The van der Waals surface area contributed by atoms with E-state index in [-0.39, 0.29) is 16.7 Å². The summed E-state index contributed by atoms with van der Waals surface area (Å²) in [4.78, 5) is 23.8.